The van der Waals surface area contributed by atoms with Gasteiger partial charge >= 0.3 is 11.9 Å². The highest BCUT2D eigenvalue weighted by atomic mass is 16.6. The lowest BCUT2D eigenvalue weighted by Gasteiger charge is -2.34. The number of aliphatic carboxylic acids is 1. The summed E-state index contributed by atoms with van der Waals surface area (Å²) in [6.07, 6.45) is 34.6. The number of carbonyl (C=O) groups excluding carboxylic acids is 3. The minimum atomic E-state index is -1.13. The highest BCUT2D eigenvalue weighted by molar-refractivity contribution is 5.70. The number of carboxylic acids is 1. The van der Waals surface area contributed by atoms with Crippen LogP contribution in [0.5, 0.6) is 0 Å². The fourth-order valence-corrected chi connectivity index (χ4v) is 5.39. The number of esters is 2. The molecule has 0 N–H and O–H groups in total. The van der Waals surface area contributed by atoms with Crippen molar-refractivity contribution in [1.29, 1.82) is 0 Å². The highest BCUT2D eigenvalue weighted by Gasteiger charge is 2.25. The Morgan fingerprint density at radius 2 is 1.10 bits per heavy atom. The molecule has 8 nitrogen and oxygen atoms in total. The Kier molecular flexibility index (Phi) is 31.1. The van der Waals surface area contributed by atoms with Crippen LogP contribution in [0.25, 0.3) is 0 Å². The van der Waals surface area contributed by atoms with E-state index in [1.165, 1.54) is 57.8 Å². The van der Waals surface area contributed by atoms with Gasteiger partial charge in [-0.05, 0) is 57.8 Å². The summed E-state index contributed by atoms with van der Waals surface area (Å²) in [7, 11) is 5.38. The van der Waals surface area contributed by atoms with Crippen molar-refractivity contribution in [1.82, 2.24) is 0 Å². The number of carbonyl (C=O) groups is 3. The van der Waals surface area contributed by atoms with Gasteiger partial charge in [-0.2, -0.15) is 0 Å². The summed E-state index contributed by atoms with van der Waals surface area (Å²) in [5.74, 6) is -1.80. The van der Waals surface area contributed by atoms with Crippen molar-refractivity contribution in [3.05, 3.63) is 36.5 Å². The third-order valence-corrected chi connectivity index (χ3v) is 8.53. The van der Waals surface area contributed by atoms with Gasteiger partial charge in [-0.25, -0.2) is 0 Å². The lowest BCUT2D eigenvalue weighted by atomic mass is 10.1. The minimum absolute atomic E-state index is 0.0265. The molecule has 0 spiro atoms. The Balaban J connectivity index is 4.48. The van der Waals surface area contributed by atoms with Crippen LogP contribution in [0.2, 0.25) is 0 Å². The van der Waals surface area contributed by atoms with Gasteiger partial charge in [0.15, 0.2) is 6.10 Å². The molecule has 0 heterocycles. The number of nitrogens with zero attached hydrogens (tertiary/aromatic N) is 1. The zero-order valence-corrected chi connectivity index (χ0v) is 32.1. The molecule has 0 aliphatic carbocycles. The van der Waals surface area contributed by atoms with Crippen LogP contribution in [0.3, 0.4) is 0 Å². The molecule has 0 saturated heterocycles. The predicted molar refractivity (Wildman–Crippen MR) is 199 cm³/mol. The van der Waals surface area contributed by atoms with Crippen LogP contribution in [-0.2, 0) is 28.6 Å². The van der Waals surface area contributed by atoms with E-state index in [2.05, 4.69) is 50.3 Å². The largest absolute Gasteiger partial charge is 0.544 e. The average molecular weight is 692 g/mol. The van der Waals surface area contributed by atoms with Crippen LogP contribution < -0.4 is 5.11 Å². The molecule has 2 atom stereocenters. The number of quaternary nitrogens is 1. The van der Waals surface area contributed by atoms with Crippen LogP contribution >= 0.6 is 0 Å². The van der Waals surface area contributed by atoms with Crippen LogP contribution in [0.15, 0.2) is 36.5 Å². The molecule has 2 unspecified atom stereocenters. The fraction of sp³-hybridized carbons (Fsp3) is 0.780. The van der Waals surface area contributed by atoms with Crippen LogP contribution in [0.1, 0.15) is 155 Å². The van der Waals surface area contributed by atoms with E-state index in [-0.39, 0.29) is 42.7 Å². The standard InChI is InChI=1S/C41H73NO7/c1-6-8-10-12-14-16-18-19-20-22-24-26-28-30-32-40(44)49-37(35-47-34-33-38(41(45)46)42(3,4)5)36-48-39(43)31-29-27-25-23-21-17-15-13-11-9-7-2/h13,15,17,20-22,37-38H,6-12,14,16,18-19,23-36H2,1-5H3/b15-13+,21-17+,22-20+. The van der Waals surface area contributed by atoms with Gasteiger partial charge in [0.1, 0.15) is 12.6 Å². The Morgan fingerprint density at radius 1 is 0.612 bits per heavy atom. The molecule has 0 radical (unpaired) electrons. The molecule has 0 rings (SSSR count). The van der Waals surface area contributed by atoms with Gasteiger partial charge in [-0.1, -0.05) is 115 Å². The third kappa shape index (κ3) is 31.3. The quantitative estimate of drug-likeness (QED) is 0.0219. The van der Waals surface area contributed by atoms with Gasteiger partial charge in [0.05, 0.1) is 40.3 Å². The molecular formula is C41H73NO7. The fourth-order valence-electron chi connectivity index (χ4n) is 5.39. The first-order chi connectivity index (χ1) is 23.6. The molecule has 8 heteroatoms. The van der Waals surface area contributed by atoms with Gasteiger partial charge in [0, 0.05) is 19.3 Å². The average Bonchev–Trinajstić information content (AvgIpc) is 3.05. The Labute approximate surface area is 300 Å². The number of likely N-dealkylation sites (N-methyl/N-ethyl adjacent to an activating group) is 1. The molecule has 49 heavy (non-hydrogen) atoms. The zero-order chi connectivity index (χ0) is 36.4. The smallest absolute Gasteiger partial charge is 0.306 e. The molecular weight excluding hydrogens is 618 g/mol. The number of hydrogen-bond acceptors (Lipinski definition) is 7. The molecule has 0 aromatic rings. The number of allylic oxidation sites excluding steroid dienone is 6. The summed E-state index contributed by atoms with van der Waals surface area (Å²) < 4.78 is 17.0. The van der Waals surface area contributed by atoms with Crippen molar-refractivity contribution in [2.24, 2.45) is 0 Å². The van der Waals surface area contributed by atoms with E-state index in [9.17, 15) is 19.5 Å². The Bertz CT molecular complexity index is 906. The number of unbranched alkanes of at least 4 members (excludes halogenated alkanes) is 15. The maximum atomic E-state index is 12.6. The number of ether oxygens (including phenoxy) is 3. The second-order valence-electron chi connectivity index (χ2n) is 14.2. The van der Waals surface area contributed by atoms with Gasteiger partial charge in [0.2, 0.25) is 0 Å². The molecule has 0 amide bonds. The second kappa shape index (κ2) is 32.7. The van der Waals surface area contributed by atoms with Crippen molar-refractivity contribution >= 4 is 17.9 Å². The summed E-state index contributed by atoms with van der Waals surface area (Å²) in [5, 5.41) is 11.6. The summed E-state index contributed by atoms with van der Waals surface area (Å²) in [6, 6.07) is -0.730. The second-order valence-corrected chi connectivity index (χ2v) is 14.2. The summed E-state index contributed by atoms with van der Waals surface area (Å²) in [5.41, 5.74) is 0. The maximum Gasteiger partial charge on any atom is 0.306 e. The number of carboxylic acid groups (broad SMARTS) is 1. The molecule has 0 saturated carbocycles. The van der Waals surface area contributed by atoms with Crippen molar-refractivity contribution in [2.45, 2.75) is 167 Å². The van der Waals surface area contributed by atoms with Crippen LogP contribution in [0, 0.1) is 0 Å². The predicted octanol–water partition coefficient (Wildman–Crippen LogP) is 8.57. The van der Waals surface area contributed by atoms with E-state index < -0.39 is 18.1 Å². The van der Waals surface area contributed by atoms with Gasteiger partial charge in [-0.3, -0.25) is 9.59 Å². The van der Waals surface area contributed by atoms with Gasteiger partial charge < -0.3 is 28.6 Å². The highest BCUT2D eigenvalue weighted by Crippen LogP contribution is 2.12. The summed E-state index contributed by atoms with van der Waals surface area (Å²) in [6.45, 7) is 4.54. The lowest BCUT2D eigenvalue weighted by molar-refractivity contribution is -0.889. The van der Waals surface area contributed by atoms with E-state index in [1.807, 2.05) is 0 Å². The first-order valence-electron chi connectivity index (χ1n) is 19.5. The normalized spacial score (nSPS) is 13.4. The number of rotatable bonds is 34. The van der Waals surface area contributed by atoms with Crippen molar-refractivity contribution in [3.8, 4) is 0 Å². The maximum absolute atomic E-state index is 12.6. The van der Waals surface area contributed by atoms with E-state index in [1.54, 1.807) is 21.1 Å². The Morgan fingerprint density at radius 3 is 1.65 bits per heavy atom. The van der Waals surface area contributed by atoms with E-state index in [0.717, 1.165) is 64.2 Å². The summed E-state index contributed by atoms with van der Waals surface area (Å²) in [4.78, 5) is 36.6. The summed E-state index contributed by atoms with van der Waals surface area (Å²) >= 11 is 0. The first-order valence-corrected chi connectivity index (χ1v) is 19.5. The van der Waals surface area contributed by atoms with E-state index in [4.69, 9.17) is 14.2 Å². The monoisotopic (exact) mass is 692 g/mol. The first kappa shape index (κ1) is 46.5. The van der Waals surface area contributed by atoms with E-state index >= 15 is 0 Å². The van der Waals surface area contributed by atoms with Crippen molar-refractivity contribution in [2.75, 3.05) is 41.0 Å². The molecule has 0 aromatic heterocycles. The van der Waals surface area contributed by atoms with Crippen LogP contribution in [0.4, 0.5) is 0 Å². The zero-order valence-electron chi connectivity index (χ0n) is 32.1. The molecule has 0 aliphatic rings. The Hall–Kier alpha value is -2.45. The molecule has 0 aliphatic heterocycles. The topological polar surface area (TPSA) is 102 Å². The molecule has 0 aromatic carbocycles. The minimum Gasteiger partial charge on any atom is -0.544 e. The van der Waals surface area contributed by atoms with Crippen molar-refractivity contribution in [3.63, 3.8) is 0 Å². The molecule has 0 bridgehead atoms. The van der Waals surface area contributed by atoms with Gasteiger partial charge in [-0.15, -0.1) is 0 Å². The lowest BCUT2D eigenvalue weighted by Crippen LogP contribution is -2.55. The van der Waals surface area contributed by atoms with Gasteiger partial charge in [0.25, 0.3) is 0 Å². The molecule has 284 valence electrons. The number of hydrogen-bond donors (Lipinski definition) is 0. The van der Waals surface area contributed by atoms with E-state index in [0.29, 0.717) is 12.8 Å². The third-order valence-electron chi connectivity index (χ3n) is 8.53. The van der Waals surface area contributed by atoms with Crippen LogP contribution in [-0.4, -0.2) is 75.5 Å². The SMILES string of the molecule is CCCC/C=C/C=C/CCCCCC(=O)OCC(COCCC(C(=O)[O-])[N+](C)(C)C)OC(=O)CCCCC/C=C/CCCCCCCCC. The van der Waals surface area contributed by atoms with Crippen molar-refractivity contribution < 1.29 is 38.2 Å². The molecule has 0 fully saturated rings.